The minimum Gasteiger partial charge on any atom is -0.493 e. The molecular weight excluding hydrogens is 336 g/mol. The fourth-order valence-corrected chi connectivity index (χ4v) is 2.15. The number of nitrogens with one attached hydrogen (secondary N) is 2. The van der Waals surface area contributed by atoms with E-state index in [0.717, 1.165) is 10.0 Å². The molecule has 1 aromatic rings. The number of benzene rings is 1. The van der Waals surface area contributed by atoms with Crippen molar-refractivity contribution in [3.8, 4) is 11.5 Å². The Morgan fingerprint density at radius 2 is 2.00 bits per heavy atom. The molecule has 0 aromatic heterocycles. The summed E-state index contributed by atoms with van der Waals surface area (Å²) in [6.45, 7) is 0.744. The van der Waals surface area contributed by atoms with Crippen LogP contribution < -0.4 is 20.1 Å². The van der Waals surface area contributed by atoms with Gasteiger partial charge in [-0.2, -0.15) is 0 Å². The van der Waals surface area contributed by atoms with Gasteiger partial charge in [-0.1, -0.05) is 0 Å². The van der Waals surface area contributed by atoms with E-state index >= 15 is 0 Å². The smallest absolute Gasteiger partial charge is 0.234 e. The van der Waals surface area contributed by atoms with Crippen molar-refractivity contribution in [2.75, 3.05) is 27.8 Å². The maximum absolute atomic E-state index is 11.3. The highest BCUT2D eigenvalue weighted by Crippen LogP contribution is 2.36. The van der Waals surface area contributed by atoms with Gasteiger partial charge in [0.2, 0.25) is 5.91 Å². The second kappa shape index (κ2) is 9.01. The highest BCUT2D eigenvalue weighted by molar-refractivity contribution is 9.10. The van der Waals surface area contributed by atoms with E-state index in [0.29, 0.717) is 24.6 Å². The van der Waals surface area contributed by atoms with Gasteiger partial charge in [-0.15, -0.1) is 12.4 Å². The second-order valence-corrected chi connectivity index (χ2v) is 4.47. The van der Waals surface area contributed by atoms with Crippen molar-refractivity contribution >= 4 is 34.2 Å². The molecule has 7 heteroatoms. The van der Waals surface area contributed by atoms with Crippen LogP contribution in [0.5, 0.6) is 11.5 Å². The summed E-state index contributed by atoms with van der Waals surface area (Å²) in [5.74, 6) is 1.22. The molecule has 0 bridgehead atoms. The van der Waals surface area contributed by atoms with Crippen molar-refractivity contribution in [1.29, 1.82) is 0 Å². The first kappa shape index (κ1) is 18.0. The molecule has 0 saturated heterocycles. The van der Waals surface area contributed by atoms with Crippen LogP contribution in [0.25, 0.3) is 0 Å². The van der Waals surface area contributed by atoms with Gasteiger partial charge in [0.1, 0.15) is 0 Å². The Bertz CT molecular complexity index is 430. The summed E-state index contributed by atoms with van der Waals surface area (Å²) < 4.78 is 11.2. The number of carbonyl (C=O) groups excluding carboxylic acids is 1. The average Bonchev–Trinajstić information content (AvgIpc) is 2.36. The predicted octanol–water partition coefficient (Wildman–Crippen LogP) is 1.72. The Kier molecular flexibility index (Phi) is 8.54. The lowest BCUT2D eigenvalue weighted by Crippen LogP contribution is -2.31. The Morgan fingerprint density at radius 1 is 1.32 bits per heavy atom. The molecule has 1 amide bonds. The van der Waals surface area contributed by atoms with E-state index in [2.05, 4.69) is 26.6 Å². The molecule has 108 valence electrons. The van der Waals surface area contributed by atoms with Gasteiger partial charge in [0.05, 0.1) is 25.2 Å². The molecule has 0 radical (unpaired) electrons. The van der Waals surface area contributed by atoms with Crippen LogP contribution in [0.3, 0.4) is 0 Å². The minimum absolute atomic E-state index is 0. The molecule has 0 atom stereocenters. The van der Waals surface area contributed by atoms with Crippen molar-refractivity contribution < 1.29 is 14.3 Å². The van der Waals surface area contributed by atoms with Crippen LogP contribution in [0.2, 0.25) is 0 Å². The zero-order valence-electron chi connectivity index (χ0n) is 11.1. The zero-order valence-corrected chi connectivity index (χ0v) is 13.5. The SMILES string of the molecule is CNCC(=O)NCc1cc(Br)c(OC)c(OC)c1.Cl. The molecule has 5 nitrogen and oxygen atoms in total. The molecule has 1 aromatic carbocycles. The molecule has 0 aliphatic carbocycles. The number of hydrogen-bond donors (Lipinski definition) is 2. The van der Waals surface area contributed by atoms with Crippen LogP contribution in [0.1, 0.15) is 5.56 Å². The molecule has 0 saturated carbocycles. The van der Waals surface area contributed by atoms with Crippen molar-refractivity contribution in [2.45, 2.75) is 6.54 Å². The van der Waals surface area contributed by atoms with Crippen LogP contribution in [0, 0.1) is 0 Å². The number of amides is 1. The number of methoxy groups -OCH3 is 2. The van der Waals surface area contributed by atoms with E-state index in [9.17, 15) is 4.79 Å². The molecule has 0 spiro atoms. The first-order valence-electron chi connectivity index (χ1n) is 5.44. The number of hydrogen-bond acceptors (Lipinski definition) is 4. The van der Waals surface area contributed by atoms with Crippen LogP contribution >= 0.6 is 28.3 Å². The van der Waals surface area contributed by atoms with E-state index in [-0.39, 0.29) is 18.3 Å². The predicted molar refractivity (Wildman–Crippen MR) is 80.3 cm³/mol. The quantitative estimate of drug-likeness (QED) is 0.817. The lowest BCUT2D eigenvalue weighted by atomic mass is 10.2. The molecule has 2 N–H and O–H groups in total. The third kappa shape index (κ3) is 5.26. The fraction of sp³-hybridized carbons (Fsp3) is 0.417. The highest BCUT2D eigenvalue weighted by Gasteiger charge is 2.10. The molecule has 0 heterocycles. The van der Waals surface area contributed by atoms with E-state index in [1.807, 2.05) is 12.1 Å². The summed E-state index contributed by atoms with van der Waals surface area (Å²) in [6.07, 6.45) is 0. The van der Waals surface area contributed by atoms with Gasteiger partial charge in [0, 0.05) is 6.54 Å². The van der Waals surface area contributed by atoms with Gasteiger partial charge in [-0.25, -0.2) is 0 Å². The van der Waals surface area contributed by atoms with Crippen molar-refractivity contribution in [3.63, 3.8) is 0 Å². The third-order valence-electron chi connectivity index (χ3n) is 2.32. The maximum atomic E-state index is 11.3. The van der Waals surface area contributed by atoms with Gasteiger partial charge >= 0.3 is 0 Å². The normalized spacial score (nSPS) is 9.47. The van der Waals surface area contributed by atoms with Crippen molar-refractivity contribution in [2.24, 2.45) is 0 Å². The number of rotatable bonds is 6. The molecule has 1 rings (SSSR count). The topological polar surface area (TPSA) is 59.6 Å². The molecular formula is C12H18BrClN2O3. The van der Waals surface area contributed by atoms with Gasteiger partial charge in [-0.05, 0) is 40.7 Å². The third-order valence-corrected chi connectivity index (χ3v) is 2.91. The van der Waals surface area contributed by atoms with Gasteiger partial charge < -0.3 is 20.1 Å². The first-order chi connectivity index (χ1) is 8.62. The molecule has 19 heavy (non-hydrogen) atoms. The van der Waals surface area contributed by atoms with Gasteiger partial charge in [-0.3, -0.25) is 4.79 Å². The van der Waals surface area contributed by atoms with Crippen LogP contribution in [0.15, 0.2) is 16.6 Å². The van der Waals surface area contributed by atoms with E-state index in [1.54, 1.807) is 21.3 Å². The summed E-state index contributed by atoms with van der Waals surface area (Å²) in [6, 6.07) is 3.73. The van der Waals surface area contributed by atoms with Crippen LogP contribution in [-0.4, -0.2) is 33.7 Å². The Morgan fingerprint density at radius 3 is 2.53 bits per heavy atom. The van der Waals surface area contributed by atoms with Gasteiger partial charge in [0.25, 0.3) is 0 Å². The summed E-state index contributed by atoms with van der Waals surface area (Å²) in [7, 11) is 4.89. The summed E-state index contributed by atoms with van der Waals surface area (Å²) in [5, 5.41) is 5.59. The van der Waals surface area contributed by atoms with Gasteiger partial charge in [0.15, 0.2) is 11.5 Å². The Labute approximate surface area is 127 Å². The number of halogens is 2. The van der Waals surface area contributed by atoms with Crippen LogP contribution in [-0.2, 0) is 11.3 Å². The molecule has 0 aliphatic rings. The van der Waals surface area contributed by atoms with E-state index in [4.69, 9.17) is 9.47 Å². The lowest BCUT2D eigenvalue weighted by molar-refractivity contribution is -0.120. The summed E-state index contributed by atoms with van der Waals surface area (Å²) >= 11 is 3.41. The largest absolute Gasteiger partial charge is 0.493 e. The molecule has 0 aliphatic heterocycles. The second-order valence-electron chi connectivity index (χ2n) is 3.62. The Balaban J connectivity index is 0.00000324. The van der Waals surface area contributed by atoms with E-state index < -0.39 is 0 Å². The van der Waals surface area contributed by atoms with E-state index in [1.165, 1.54) is 0 Å². The summed E-state index contributed by atoms with van der Waals surface area (Å²) in [4.78, 5) is 11.3. The van der Waals surface area contributed by atoms with Crippen molar-refractivity contribution in [1.82, 2.24) is 10.6 Å². The lowest BCUT2D eigenvalue weighted by Gasteiger charge is -2.12. The highest BCUT2D eigenvalue weighted by atomic mass is 79.9. The monoisotopic (exact) mass is 352 g/mol. The average molecular weight is 354 g/mol. The van der Waals surface area contributed by atoms with Crippen molar-refractivity contribution in [3.05, 3.63) is 22.2 Å². The first-order valence-corrected chi connectivity index (χ1v) is 6.23. The maximum Gasteiger partial charge on any atom is 0.234 e. The Hall–Kier alpha value is -0.980. The number of ether oxygens (including phenoxy) is 2. The number of likely N-dealkylation sites (N-methyl/N-ethyl adjacent to an activating group) is 1. The molecule has 0 fully saturated rings. The minimum atomic E-state index is -0.0524. The zero-order chi connectivity index (χ0) is 13.5. The fourth-order valence-electron chi connectivity index (χ4n) is 1.50. The summed E-state index contributed by atoms with van der Waals surface area (Å²) in [5.41, 5.74) is 0.934. The standard InChI is InChI=1S/C12H17BrN2O3.ClH/c1-14-7-11(16)15-6-8-4-9(13)12(18-3)10(5-8)17-2;/h4-5,14H,6-7H2,1-3H3,(H,15,16);1H. The van der Waals surface area contributed by atoms with Crippen LogP contribution in [0.4, 0.5) is 0 Å². The number of carbonyl (C=O) groups is 1. The molecule has 0 unspecified atom stereocenters.